The number of aromatic nitrogens is 1. The smallest absolute Gasteiger partial charge is 0.253 e. The van der Waals surface area contributed by atoms with E-state index >= 15 is 0 Å². The Balaban J connectivity index is 2.17. The van der Waals surface area contributed by atoms with Gasteiger partial charge in [-0.25, -0.2) is 4.98 Å². The normalized spacial score (nSPS) is 11.3. The summed E-state index contributed by atoms with van der Waals surface area (Å²) in [5.41, 5.74) is 6.60. The predicted molar refractivity (Wildman–Crippen MR) is 80.4 cm³/mol. The van der Waals surface area contributed by atoms with Crippen molar-refractivity contribution in [3.8, 4) is 11.8 Å². The first-order chi connectivity index (χ1) is 9.72. The molecule has 0 radical (unpaired) electrons. The lowest BCUT2D eigenvalue weighted by atomic mass is 10.1. The molecule has 0 aliphatic carbocycles. The standard InChI is InChI=1S/C15H15N3OS/c1-11(15-17-9-10-20-15)18-14(19)13-7-3-2-5-12(13)6-4-8-16/h2-3,5,7,9-11H,8,16H2,1H3,(H,18,19). The number of rotatable bonds is 3. The lowest BCUT2D eigenvalue weighted by Gasteiger charge is -2.12. The summed E-state index contributed by atoms with van der Waals surface area (Å²) in [6, 6.07) is 7.10. The molecule has 3 N–H and O–H groups in total. The number of hydrogen-bond donors (Lipinski definition) is 2. The van der Waals surface area contributed by atoms with Crippen molar-refractivity contribution < 1.29 is 4.79 Å². The van der Waals surface area contributed by atoms with Crippen molar-refractivity contribution >= 4 is 17.2 Å². The van der Waals surface area contributed by atoms with Crippen LogP contribution in [0.4, 0.5) is 0 Å². The molecule has 0 aliphatic rings. The highest BCUT2D eigenvalue weighted by Crippen LogP contribution is 2.16. The fraction of sp³-hybridized carbons (Fsp3) is 0.200. The minimum absolute atomic E-state index is 0.127. The number of benzene rings is 1. The Kier molecular flexibility index (Phi) is 4.88. The Bertz CT molecular complexity index is 641. The Labute approximate surface area is 122 Å². The summed E-state index contributed by atoms with van der Waals surface area (Å²) >= 11 is 1.52. The summed E-state index contributed by atoms with van der Waals surface area (Å²) in [7, 11) is 0. The number of nitrogens with one attached hydrogen (secondary N) is 1. The first kappa shape index (κ1) is 14.3. The maximum Gasteiger partial charge on any atom is 0.253 e. The number of hydrogen-bond acceptors (Lipinski definition) is 4. The van der Waals surface area contributed by atoms with Crippen molar-refractivity contribution in [3.05, 3.63) is 52.0 Å². The molecule has 1 heterocycles. The summed E-state index contributed by atoms with van der Waals surface area (Å²) in [6.07, 6.45) is 1.73. The van der Waals surface area contributed by atoms with E-state index < -0.39 is 0 Å². The molecule has 20 heavy (non-hydrogen) atoms. The molecule has 1 aromatic heterocycles. The van der Waals surface area contributed by atoms with Gasteiger partial charge in [0, 0.05) is 17.1 Å². The molecular formula is C15H15N3OS. The van der Waals surface area contributed by atoms with Gasteiger partial charge in [0.1, 0.15) is 5.01 Å². The number of nitrogens with zero attached hydrogens (tertiary/aromatic N) is 1. The molecule has 1 unspecified atom stereocenters. The highest BCUT2D eigenvalue weighted by molar-refractivity contribution is 7.09. The molecule has 2 aromatic rings. The molecule has 0 saturated carbocycles. The van der Waals surface area contributed by atoms with Gasteiger partial charge in [-0.15, -0.1) is 11.3 Å². The lowest BCUT2D eigenvalue weighted by Crippen LogP contribution is -2.27. The highest BCUT2D eigenvalue weighted by Gasteiger charge is 2.15. The van der Waals surface area contributed by atoms with Gasteiger partial charge in [-0.05, 0) is 19.1 Å². The van der Waals surface area contributed by atoms with Crippen molar-refractivity contribution in [2.75, 3.05) is 6.54 Å². The van der Waals surface area contributed by atoms with Crippen LogP contribution in [-0.4, -0.2) is 17.4 Å². The van der Waals surface area contributed by atoms with Crippen molar-refractivity contribution in [1.29, 1.82) is 0 Å². The third-order valence-corrected chi connectivity index (χ3v) is 3.62. The van der Waals surface area contributed by atoms with Crippen LogP contribution in [0.5, 0.6) is 0 Å². The molecule has 102 valence electrons. The van der Waals surface area contributed by atoms with Gasteiger partial charge in [0.15, 0.2) is 0 Å². The van der Waals surface area contributed by atoms with Crippen LogP contribution in [-0.2, 0) is 0 Å². The summed E-state index contributed by atoms with van der Waals surface area (Å²) in [5.74, 6) is 5.52. The lowest BCUT2D eigenvalue weighted by molar-refractivity contribution is 0.0939. The average Bonchev–Trinajstić information content (AvgIpc) is 2.99. The largest absolute Gasteiger partial charge is 0.343 e. The van der Waals surface area contributed by atoms with Crippen LogP contribution in [0.2, 0.25) is 0 Å². The third kappa shape index (κ3) is 3.44. The second kappa shape index (κ2) is 6.85. The van der Waals surface area contributed by atoms with Gasteiger partial charge < -0.3 is 11.1 Å². The number of carbonyl (C=O) groups excluding carboxylic acids is 1. The number of amides is 1. The first-order valence-electron chi connectivity index (χ1n) is 6.20. The van der Waals surface area contributed by atoms with Gasteiger partial charge >= 0.3 is 0 Å². The quantitative estimate of drug-likeness (QED) is 0.847. The molecule has 0 saturated heterocycles. The van der Waals surface area contributed by atoms with Crippen molar-refractivity contribution in [2.45, 2.75) is 13.0 Å². The molecule has 0 aliphatic heterocycles. The molecule has 4 nitrogen and oxygen atoms in total. The SMILES string of the molecule is CC(NC(=O)c1ccccc1C#CCN)c1nccs1. The summed E-state index contributed by atoms with van der Waals surface area (Å²) in [5, 5.41) is 5.69. The monoisotopic (exact) mass is 285 g/mol. The third-order valence-electron chi connectivity index (χ3n) is 2.67. The van der Waals surface area contributed by atoms with Crippen molar-refractivity contribution in [1.82, 2.24) is 10.3 Å². The molecule has 5 heteroatoms. The van der Waals surface area contributed by atoms with Crippen LogP contribution in [0.1, 0.15) is 33.9 Å². The summed E-state index contributed by atoms with van der Waals surface area (Å²) < 4.78 is 0. The van der Waals surface area contributed by atoms with Crippen LogP contribution in [0.15, 0.2) is 35.8 Å². The van der Waals surface area contributed by atoms with E-state index in [0.717, 1.165) is 5.01 Å². The fourth-order valence-electron chi connectivity index (χ4n) is 1.72. The van der Waals surface area contributed by atoms with E-state index in [1.165, 1.54) is 11.3 Å². The van der Waals surface area contributed by atoms with Crippen LogP contribution in [0.25, 0.3) is 0 Å². The molecular weight excluding hydrogens is 270 g/mol. The first-order valence-corrected chi connectivity index (χ1v) is 7.08. The highest BCUT2D eigenvalue weighted by atomic mass is 32.1. The van der Waals surface area contributed by atoms with Gasteiger partial charge in [0.05, 0.1) is 18.2 Å². The van der Waals surface area contributed by atoms with E-state index in [-0.39, 0.29) is 18.5 Å². The Morgan fingerprint density at radius 2 is 2.30 bits per heavy atom. The van der Waals surface area contributed by atoms with E-state index in [0.29, 0.717) is 11.1 Å². The number of thiazole rings is 1. The van der Waals surface area contributed by atoms with Crippen LogP contribution in [0.3, 0.4) is 0 Å². The fourth-order valence-corrected chi connectivity index (χ4v) is 2.37. The zero-order valence-electron chi connectivity index (χ0n) is 11.1. The van der Waals surface area contributed by atoms with Crippen LogP contribution < -0.4 is 11.1 Å². The molecule has 0 bridgehead atoms. The molecule has 1 aromatic carbocycles. The number of carbonyl (C=O) groups is 1. The summed E-state index contributed by atoms with van der Waals surface area (Å²) in [4.78, 5) is 16.5. The maximum absolute atomic E-state index is 12.3. The molecule has 1 amide bonds. The van der Waals surface area contributed by atoms with E-state index in [9.17, 15) is 4.79 Å². The molecule has 2 rings (SSSR count). The minimum atomic E-state index is -0.158. The zero-order chi connectivity index (χ0) is 14.4. The average molecular weight is 285 g/mol. The second-order valence-corrected chi connectivity index (χ2v) is 5.04. The Hall–Kier alpha value is -2.16. The summed E-state index contributed by atoms with van der Waals surface area (Å²) in [6.45, 7) is 2.18. The maximum atomic E-state index is 12.3. The van der Waals surface area contributed by atoms with Gasteiger partial charge in [0.25, 0.3) is 5.91 Å². The topological polar surface area (TPSA) is 68.0 Å². The predicted octanol–water partition coefficient (Wildman–Crippen LogP) is 1.94. The molecule has 1 atom stereocenters. The zero-order valence-corrected chi connectivity index (χ0v) is 11.9. The van der Waals surface area contributed by atoms with E-state index in [1.54, 1.807) is 12.3 Å². The van der Waals surface area contributed by atoms with Crippen LogP contribution >= 0.6 is 11.3 Å². The van der Waals surface area contributed by atoms with E-state index in [1.807, 2.05) is 30.5 Å². The van der Waals surface area contributed by atoms with E-state index in [2.05, 4.69) is 22.1 Å². The molecule has 0 fully saturated rings. The van der Waals surface area contributed by atoms with Gasteiger partial charge in [-0.3, -0.25) is 4.79 Å². The minimum Gasteiger partial charge on any atom is -0.343 e. The number of nitrogens with two attached hydrogens (primary N) is 1. The Morgan fingerprint density at radius 1 is 1.50 bits per heavy atom. The second-order valence-electron chi connectivity index (χ2n) is 4.12. The van der Waals surface area contributed by atoms with Crippen molar-refractivity contribution in [2.24, 2.45) is 5.73 Å². The molecule has 0 spiro atoms. The van der Waals surface area contributed by atoms with Crippen molar-refractivity contribution in [3.63, 3.8) is 0 Å². The van der Waals surface area contributed by atoms with E-state index in [4.69, 9.17) is 5.73 Å². The Morgan fingerprint density at radius 3 is 3.00 bits per heavy atom. The van der Waals surface area contributed by atoms with Crippen LogP contribution in [0, 0.1) is 11.8 Å². The van der Waals surface area contributed by atoms with Gasteiger partial charge in [-0.1, -0.05) is 24.0 Å². The van der Waals surface area contributed by atoms with Gasteiger partial charge in [-0.2, -0.15) is 0 Å². The van der Waals surface area contributed by atoms with Gasteiger partial charge in [0.2, 0.25) is 0 Å².